The van der Waals surface area contributed by atoms with E-state index in [-0.39, 0.29) is 0 Å². The quantitative estimate of drug-likeness (QED) is 0.332. The van der Waals surface area contributed by atoms with Gasteiger partial charge in [0.1, 0.15) is 0 Å². The monoisotopic (exact) mass is 446 g/mol. The minimum atomic E-state index is -1.78. The Morgan fingerprint density at radius 1 is 0.906 bits per heavy atom. The summed E-state index contributed by atoms with van der Waals surface area (Å²) in [4.78, 5) is 22.6. The first kappa shape index (κ1) is 22.2. The van der Waals surface area contributed by atoms with Crippen LogP contribution in [0.15, 0.2) is 55.2 Å². The van der Waals surface area contributed by atoms with E-state index >= 15 is 0 Å². The molecule has 0 spiro atoms. The summed E-state index contributed by atoms with van der Waals surface area (Å²) < 4.78 is 8.74. The van der Waals surface area contributed by atoms with E-state index in [9.17, 15) is 0 Å². The minimum Gasteiger partial charge on any atom is -0.406 e. The van der Waals surface area contributed by atoms with Gasteiger partial charge in [-0.1, -0.05) is 20.8 Å². The fraction of sp³-hybridized carbons (Fsp3) is 0.375. The van der Waals surface area contributed by atoms with Crippen LogP contribution in [0.4, 0.5) is 0 Å². The number of hydrogen-bond donors (Lipinski definition) is 0. The summed E-state index contributed by atoms with van der Waals surface area (Å²) in [6.07, 6.45) is 9.05. The summed E-state index contributed by atoms with van der Waals surface area (Å²) in [5.74, 6) is 1.29. The van der Waals surface area contributed by atoms with Crippen molar-refractivity contribution >= 4 is 14.1 Å². The SMILES string of the molecule is CC[Si](CC)(CC)OC(C)(C)c1ccn2c(-c3ccnc(-c4ccncc4)n3)cnc2n1. The predicted octanol–water partition coefficient (Wildman–Crippen LogP) is 5.51. The summed E-state index contributed by atoms with van der Waals surface area (Å²) in [6, 6.07) is 11.0. The summed E-state index contributed by atoms with van der Waals surface area (Å²) >= 11 is 0. The average Bonchev–Trinajstić information content (AvgIpc) is 3.27. The highest BCUT2D eigenvalue weighted by Gasteiger charge is 2.37. The van der Waals surface area contributed by atoms with E-state index in [2.05, 4.69) is 49.6 Å². The molecule has 0 fully saturated rings. The Hall–Kier alpha value is -2.97. The number of fused-ring (bicyclic) bond motifs is 1. The fourth-order valence-electron chi connectivity index (χ4n) is 4.10. The Labute approximate surface area is 190 Å². The third kappa shape index (κ3) is 4.20. The molecule has 4 aromatic rings. The molecule has 0 unspecified atom stereocenters. The van der Waals surface area contributed by atoms with Gasteiger partial charge in [0.2, 0.25) is 5.78 Å². The van der Waals surface area contributed by atoms with Crippen LogP contribution in [0.5, 0.6) is 0 Å². The molecule has 4 aromatic heterocycles. The molecule has 0 saturated carbocycles. The molecule has 0 bridgehead atoms. The summed E-state index contributed by atoms with van der Waals surface area (Å²) in [7, 11) is -1.78. The van der Waals surface area contributed by atoms with E-state index in [1.54, 1.807) is 18.6 Å². The molecule has 7 nitrogen and oxygen atoms in total. The van der Waals surface area contributed by atoms with Gasteiger partial charge in [0, 0.05) is 30.4 Å². The summed E-state index contributed by atoms with van der Waals surface area (Å²) in [5.41, 5.74) is 3.01. The Bertz CT molecular complexity index is 1200. The Morgan fingerprint density at radius 2 is 1.62 bits per heavy atom. The van der Waals surface area contributed by atoms with Crippen molar-refractivity contribution in [2.75, 3.05) is 0 Å². The van der Waals surface area contributed by atoms with Crippen molar-refractivity contribution < 1.29 is 4.43 Å². The highest BCUT2D eigenvalue weighted by atomic mass is 28.4. The van der Waals surface area contributed by atoms with Crippen LogP contribution < -0.4 is 0 Å². The van der Waals surface area contributed by atoms with Gasteiger partial charge in [-0.25, -0.2) is 19.9 Å². The van der Waals surface area contributed by atoms with Gasteiger partial charge in [0.25, 0.3) is 0 Å². The van der Waals surface area contributed by atoms with Crippen molar-refractivity contribution in [2.24, 2.45) is 0 Å². The molecule has 32 heavy (non-hydrogen) atoms. The van der Waals surface area contributed by atoms with Crippen LogP contribution in [-0.4, -0.2) is 37.6 Å². The second kappa shape index (κ2) is 8.88. The molecule has 0 N–H and O–H groups in total. The maximum absolute atomic E-state index is 6.78. The molecule has 8 heteroatoms. The zero-order valence-electron chi connectivity index (χ0n) is 19.4. The first-order valence-corrected chi connectivity index (χ1v) is 13.7. The smallest absolute Gasteiger partial charge is 0.234 e. The highest BCUT2D eigenvalue weighted by molar-refractivity contribution is 6.73. The number of aromatic nitrogens is 6. The Morgan fingerprint density at radius 3 is 2.31 bits per heavy atom. The van der Waals surface area contributed by atoms with E-state index < -0.39 is 13.9 Å². The lowest BCUT2D eigenvalue weighted by molar-refractivity contribution is 0.0894. The van der Waals surface area contributed by atoms with Crippen LogP contribution in [0.1, 0.15) is 40.3 Å². The van der Waals surface area contributed by atoms with Gasteiger partial charge >= 0.3 is 0 Å². The molecule has 4 rings (SSSR count). The second-order valence-electron chi connectivity index (χ2n) is 8.48. The van der Waals surface area contributed by atoms with Gasteiger partial charge in [0.15, 0.2) is 14.1 Å². The minimum absolute atomic E-state index is 0.467. The van der Waals surface area contributed by atoms with E-state index in [0.717, 1.165) is 40.8 Å². The van der Waals surface area contributed by atoms with Gasteiger partial charge in [-0.15, -0.1) is 0 Å². The number of pyridine rings is 1. The third-order valence-electron chi connectivity index (χ3n) is 6.26. The molecule has 166 valence electrons. The van der Waals surface area contributed by atoms with Crippen molar-refractivity contribution in [2.45, 2.75) is 58.4 Å². The van der Waals surface area contributed by atoms with Gasteiger partial charge < -0.3 is 4.43 Å². The van der Waals surface area contributed by atoms with Gasteiger partial charge in [-0.05, 0) is 56.2 Å². The van der Waals surface area contributed by atoms with E-state index in [1.165, 1.54) is 0 Å². The number of nitrogens with zero attached hydrogens (tertiary/aromatic N) is 6. The van der Waals surface area contributed by atoms with Crippen LogP contribution in [0.2, 0.25) is 18.1 Å². The molecule has 0 aliphatic rings. The molecule has 0 aliphatic carbocycles. The lowest BCUT2D eigenvalue weighted by Gasteiger charge is -2.37. The standard InChI is InChI=1S/C24H30N6OSi/c1-6-32(7-2,8-3)31-24(4,5)21-12-16-30-20(17-27-23(30)29-21)19-11-15-26-22(28-19)18-9-13-25-14-10-18/h9-17H,6-8H2,1-5H3. The van der Waals surface area contributed by atoms with E-state index in [0.29, 0.717) is 11.6 Å². The van der Waals surface area contributed by atoms with Crippen molar-refractivity contribution in [1.82, 2.24) is 29.3 Å². The van der Waals surface area contributed by atoms with Crippen molar-refractivity contribution in [3.05, 3.63) is 60.9 Å². The zero-order chi connectivity index (χ0) is 22.8. The van der Waals surface area contributed by atoms with Crippen LogP contribution in [0.3, 0.4) is 0 Å². The van der Waals surface area contributed by atoms with Gasteiger partial charge in [0.05, 0.1) is 28.9 Å². The summed E-state index contributed by atoms with van der Waals surface area (Å²) in [5, 5.41) is 0. The second-order valence-corrected chi connectivity index (χ2v) is 13.2. The molecule has 4 heterocycles. The largest absolute Gasteiger partial charge is 0.406 e. The maximum Gasteiger partial charge on any atom is 0.234 e. The van der Waals surface area contributed by atoms with E-state index in [1.807, 2.05) is 41.1 Å². The molecule has 0 amide bonds. The highest BCUT2D eigenvalue weighted by Crippen LogP contribution is 2.33. The lowest BCUT2D eigenvalue weighted by atomic mass is 10.1. The van der Waals surface area contributed by atoms with Gasteiger partial charge in [-0.2, -0.15) is 0 Å². The van der Waals surface area contributed by atoms with Crippen molar-refractivity contribution in [3.63, 3.8) is 0 Å². The number of rotatable bonds is 8. The first-order valence-electron chi connectivity index (χ1n) is 11.2. The lowest BCUT2D eigenvalue weighted by Crippen LogP contribution is -2.43. The molecular formula is C24H30N6OSi. The molecule has 0 aliphatic heterocycles. The molecule has 0 atom stereocenters. The normalized spacial score (nSPS) is 12.4. The Balaban J connectivity index is 1.68. The summed E-state index contributed by atoms with van der Waals surface area (Å²) in [6.45, 7) is 11.0. The zero-order valence-corrected chi connectivity index (χ0v) is 20.4. The molecule has 0 radical (unpaired) electrons. The van der Waals surface area contributed by atoms with Crippen LogP contribution in [0.25, 0.3) is 28.6 Å². The fourth-order valence-corrected chi connectivity index (χ4v) is 7.22. The number of hydrogen-bond acceptors (Lipinski definition) is 6. The topological polar surface area (TPSA) is 78.1 Å². The Kier molecular flexibility index (Phi) is 6.17. The molecule has 0 saturated heterocycles. The molecule has 0 aromatic carbocycles. The first-order chi connectivity index (χ1) is 15.4. The van der Waals surface area contributed by atoms with Crippen molar-refractivity contribution in [1.29, 1.82) is 0 Å². The van der Waals surface area contributed by atoms with Crippen LogP contribution in [-0.2, 0) is 10.0 Å². The predicted molar refractivity (Wildman–Crippen MR) is 129 cm³/mol. The maximum atomic E-state index is 6.78. The van der Waals surface area contributed by atoms with Crippen LogP contribution >= 0.6 is 0 Å². The molecular weight excluding hydrogens is 416 g/mol. The van der Waals surface area contributed by atoms with Crippen molar-refractivity contribution in [3.8, 4) is 22.8 Å². The van der Waals surface area contributed by atoms with E-state index in [4.69, 9.17) is 14.4 Å². The van der Waals surface area contributed by atoms with Gasteiger partial charge in [-0.3, -0.25) is 9.38 Å². The van der Waals surface area contributed by atoms with Crippen LogP contribution in [0, 0.1) is 0 Å². The third-order valence-corrected chi connectivity index (χ3v) is 11.1. The average molecular weight is 447 g/mol. The number of imidazole rings is 1.